The normalized spacial score (nSPS) is 48.5. The van der Waals surface area contributed by atoms with Crippen LogP contribution in [0.2, 0.25) is 0 Å². The molecule has 2 rings (SSSR count). The first kappa shape index (κ1) is 9.27. The molecule has 2 aliphatic rings. The fourth-order valence-corrected chi connectivity index (χ4v) is 2.34. The Balaban J connectivity index is 0.000000605. The number of halogens is 2. The van der Waals surface area contributed by atoms with Crippen LogP contribution >= 0.6 is 12.4 Å². The monoisotopic (exact) mass is 179 g/mol. The molecular formula is C8H15ClFN. The molecule has 0 aromatic heterocycles. The minimum absolute atomic E-state index is 0. The minimum Gasteiger partial charge on any atom is -0.316 e. The Kier molecular flexibility index (Phi) is 2.45. The fraction of sp³-hybridized carbons (Fsp3) is 1.00. The van der Waals surface area contributed by atoms with Gasteiger partial charge in [0, 0.05) is 24.9 Å². The van der Waals surface area contributed by atoms with E-state index in [1.807, 2.05) is 0 Å². The summed E-state index contributed by atoms with van der Waals surface area (Å²) in [5.74, 6) is 0.595. The molecule has 2 atom stereocenters. The Hall–Kier alpha value is 0.180. The van der Waals surface area contributed by atoms with E-state index in [0.29, 0.717) is 11.8 Å². The molecule has 1 aliphatic heterocycles. The molecule has 1 saturated heterocycles. The van der Waals surface area contributed by atoms with E-state index in [1.54, 1.807) is 6.92 Å². The van der Waals surface area contributed by atoms with Crippen LogP contribution in [0, 0.1) is 11.8 Å². The van der Waals surface area contributed by atoms with E-state index >= 15 is 0 Å². The third-order valence-electron chi connectivity index (χ3n) is 3.24. The van der Waals surface area contributed by atoms with Gasteiger partial charge >= 0.3 is 0 Å². The molecule has 1 heterocycles. The third-order valence-corrected chi connectivity index (χ3v) is 3.24. The van der Waals surface area contributed by atoms with Gasteiger partial charge in [-0.05, 0) is 19.8 Å². The summed E-state index contributed by atoms with van der Waals surface area (Å²) in [6, 6.07) is 0. The van der Waals surface area contributed by atoms with Crippen molar-refractivity contribution >= 4 is 12.4 Å². The molecule has 1 aliphatic carbocycles. The Morgan fingerprint density at radius 3 is 2.09 bits per heavy atom. The lowest BCUT2D eigenvalue weighted by molar-refractivity contribution is 0.0564. The lowest BCUT2D eigenvalue weighted by Crippen LogP contribution is -2.47. The molecule has 1 N–H and O–H groups in total. The highest BCUT2D eigenvalue weighted by molar-refractivity contribution is 5.85. The van der Waals surface area contributed by atoms with Crippen molar-refractivity contribution in [2.75, 3.05) is 13.1 Å². The summed E-state index contributed by atoms with van der Waals surface area (Å²) in [6.45, 7) is 3.56. The van der Waals surface area contributed by atoms with Crippen LogP contribution in [0.1, 0.15) is 19.8 Å². The first-order chi connectivity index (χ1) is 4.71. The van der Waals surface area contributed by atoms with Gasteiger partial charge in [0.2, 0.25) is 0 Å². The van der Waals surface area contributed by atoms with Crippen molar-refractivity contribution in [3.05, 3.63) is 0 Å². The lowest BCUT2D eigenvalue weighted by Gasteiger charge is -2.34. The van der Waals surface area contributed by atoms with Crippen molar-refractivity contribution in [1.29, 1.82) is 0 Å². The number of nitrogens with one attached hydrogen (secondary N) is 1. The quantitative estimate of drug-likeness (QED) is 0.598. The Labute approximate surface area is 73.2 Å². The molecule has 1 saturated carbocycles. The maximum atomic E-state index is 13.7. The molecule has 0 aromatic carbocycles. The highest BCUT2D eigenvalue weighted by Gasteiger charge is 2.48. The molecule has 1 nitrogen and oxygen atoms in total. The molecule has 0 spiro atoms. The molecule has 2 unspecified atom stereocenters. The first-order valence-corrected chi connectivity index (χ1v) is 4.11. The minimum atomic E-state index is -0.856. The number of alkyl halides is 1. The summed E-state index contributed by atoms with van der Waals surface area (Å²) in [5, 5.41) is 3.26. The van der Waals surface area contributed by atoms with Crippen LogP contribution in [0.5, 0.6) is 0 Å². The molecular weight excluding hydrogens is 165 g/mol. The molecule has 0 aromatic rings. The van der Waals surface area contributed by atoms with Crippen molar-refractivity contribution in [2.24, 2.45) is 11.8 Å². The summed E-state index contributed by atoms with van der Waals surface area (Å²) in [6.07, 6.45) is 2.18. The Morgan fingerprint density at radius 2 is 1.73 bits per heavy atom. The summed E-state index contributed by atoms with van der Waals surface area (Å²) < 4.78 is 13.7. The summed E-state index contributed by atoms with van der Waals surface area (Å²) in [7, 11) is 0. The number of rotatable bonds is 0. The van der Waals surface area contributed by atoms with Crippen LogP contribution in [0.4, 0.5) is 4.39 Å². The largest absolute Gasteiger partial charge is 0.316 e. The van der Waals surface area contributed by atoms with Crippen LogP contribution in [0.15, 0.2) is 0 Å². The van der Waals surface area contributed by atoms with Gasteiger partial charge in [-0.2, -0.15) is 0 Å². The first-order valence-electron chi connectivity index (χ1n) is 4.11. The Morgan fingerprint density at radius 1 is 1.27 bits per heavy atom. The van der Waals surface area contributed by atoms with Crippen molar-refractivity contribution < 1.29 is 4.39 Å². The van der Waals surface area contributed by atoms with E-state index < -0.39 is 5.67 Å². The van der Waals surface area contributed by atoms with E-state index in [1.165, 1.54) is 0 Å². The van der Waals surface area contributed by atoms with Gasteiger partial charge in [-0.15, -0.1) is 12.4 Å². The number of fused-ring (bicyclic) bond motifs is 2. The average Bonchev–Trinajstić information content (AvgIpc) is 2.17. The second kappa shape index (κ2) is 2.91. The standard InChI is InChI=1S/C8H14FN.ClH/c1-8(9)6-2-3-7(8)5-10-4-6;/h6-7,10H,2-5H2,1H3;1H. The van der Waals surface area contributed by atoms with E-state index in [4.69, 9.17) is 0 Å². The summed E-state index contributed by atoms with van der Waals surface area (Å²) in [4.78, 5) is 0. The molecule has 0 amide bonds. The van der Waals surface area contributed by atoms with Gasteiger partial charge in [-0.1, -0.05) is 0 Å². The zero-order valence-electron chi connectivity index (χ0n) is 6.77. The molecule has 11 heavy (non-hydrogen) atoms. The smallest absolute Gasteiger partial charge is 0.116 e. The van der Waals surface area contributed by atoms with E-state index in [2.05, 4.69) is 5.32 Å². The number of hydrogen-bond acceptors (Lipinski definition) is 1. The Bertz CT molecular complexity index is 131. The second-order valence-corrected chi connectivity index (χ2v) is 3.78. The van der Waals surface area contributed by atoms with Crippen LogP contribution in [-0.2, 0) is 0 Å². The van der Waals surface area contributed by atoms with Crippen molar-refractivity contribution in [3.63, 3.8) is 0 Å². The molecule has 3 heteroatoms. The van der Waals surface area contributed by atoms with Gasteiger partial charge in [-0.25, -0.2) is 4.39 Å². The number of piperidine rings is 1. The average molecular weight is 180 g/mol. The van der Waals surface area contributed by atoms with Gasteiger partial charge in [0.15, 0.2) is 0 Å². The zero-order chi connectivity index (χ0) is 7.19. The fourth-order valence-electron chi connectivity index (χ4n) is 2.34. The van der Waals surface area contributed by atoms with Crippen molar-refractivity contribution in [1.82, 2.24) is 5.32 Å². The predicted octanol–water partition coefficient (Wildman–Crippen LogP) is 1.77. The highest BCUT2D eigenvalue weighted by atomic mass is 35.5. The molecule has 66 valence electrons. The van der Waals surface area contributed by atoms with Gasteiger partial charge in [0.05, 0.1) is 0 Å². The van der Waals surface area contributed by atoms with Gasteiger partial charge < -0.3 is 5.32 Å². The topological polar surface area (TPSA) is 12.0 Å². The maximum absolute atomic E-state index is 13.7. The van der Waals surface area contributed by atoms with E-state index in [0.717, 1.165) is 25.9 Å². The molecule has 2 fully saturated rings. The van der Waals surface area contributed by atoms with Gasteiger partial charge in [0.25, 0.3) is 0 Å². The van der Waals surface area contributed by atoms with Gasteiger partial charge in [-0.3, -0.25) is 0 Å². The zero-order valence-corrected chi connectivity index (χ0v) is 7.59. The maximum Gasteiger partial charge on any atom is 0.116 e. The van der Waals surface area contributed by atoms with Crippen LogP contribution < -0.4 is 5.32 Å². The molecule has 0 radical (unpaired) electrons. The summed E-state index contributed by atoms with van der Waals surface area (Å²) >= 11 is 0. The van der Waals surface area contributed by atoms with Crippen molar-refractivity contribution in [2.45, 2.75) is 25.4 Å². The second-order valence-electron chi connectivity index (χ2n) is 3.78. The lowest BCUT2D eigenvalue weighted by atomic mass is 9.85. The molecule has 2 bridgehead atoms. The van der Waals surface area contributed by atoms with Crippen molar-refractivity contribution in [3.8, 4) is 0 Å². The summed E-state index contributed by atoms with van der Waals surface area (Å²) in [5.41, 5.74) is -0.856. The number of hydrogen-bond donors (Lipinski definition) is 1. The third kappa shape index (κ3) is 1.27. The van der Waals surface area contributed by atoms with Crippen LogP contribution in [-0.4, -0.2) is 18.8 Å². The van der Waals surface area contributed by atoms with Gasteiger partial charge in [0.1, 0.15) is 5.67 Å². The van der Waals surface area contributed by atoms with E-state index in [9.17, 15) is 4.39 Å². The predicted molar refractivity (Wildman–Crippen MR) is 45.8 cm³/mol. The highest BCUT2D eigenvalue weighted by Crippen LogP contribution is 2.44. The SMILES string of the molecule is CC1(F)C2CCC1CNC2.Cl. The van der Waals surface area contributed by atoms with Crippen LogP contribution in [0.3, 0.4) is 0 Å². The van der Waals surface area contributed by atoms with E-state index in [-0.39, 0.29) is 12.4 Å². The van der Waals surface area contributed by atoms with Crippen LogP contribution in [0.25, 0.3) is 0 Å².